The molecule has 0 spiro atoms. The molecule has 29 heavy (non-hydrogen) atoms. The van der Waals surface area contributed by atoms with Crippen LogP contribution in [-0.2, 0) is 40.1 Å². The van der Waals surface area contributed by atoms with E-state index in [2.05, 4.69) is 0 Å². The number of carboxylic acids is 2. The minimum Gasteiger partial charge on any atom is -0.481 e. The summed E-state index contributed by atoms with van der Waals surface area (Å²) in [7, 11) is 0. The van der Waals surface area contributed by atoms with Crippen LogP contribution in [0.25, 0.3) is 21.5 Å². The van der Waals surface area contributed by atoms with Crippen molar-refractivity contribution in [2.24, 2.45) is 5.92 Å². The highest BCUT2D eigenvalue weighted by atomic mass is 16.4. The van der Waals surface area contributed by atoms with Gasteiger partial charge in [0.05, 0.1) is 12.8 Å². The maximum absolute atomic E-state index is 12.0. The zero-order chi connectivity index (χ0) is 20.7. The second kappa shape index (κ2) is 7.32. The predicted molar refractivity (Wildman–Crippen MR) is 110 cm³/mol. The van der Waals surface area contributed by atoms with Crippen LogP contribution < -0.4 is 0 Å². The molecule has 1 atom stereocenters. The van der Waals surface area contributed by atoms with Crippen LogP contribution in [0.4, 0.5) is 0 Å². The van der Waals surface area contributed by atoms with Crippen LogP contribution in [0.1, 0.15) is 35.6 Å². The molecule has 1 aliphatic carbocycles. The molecule has 1 unspecified atom stereocenters. The van der Waals surface area contributed by atoms with Crippen molar-refractivity contribution in [3.05, 3.63) is 58.7 Å². The Balaban J connectivity index is 2.10. The van der Waals surface area contributed by atoms with E-state index < -0.39 is 11.9 Å². The number of Topliss-reactive ketones (excluding diaryl/α,β-unsaturated/α-hetero) is 1. The molecule has 0 heterocycles. The van der Waals surface area contributed by atoms with Gasteiger partial charge in [0, 0.05) is 5.92 Å². The number of ketones is 1. The maximum Gasteiger partial charge on any atom is 0.307 e. The molecule has 3 aromatic rings. The minimum absolute atomic E-state index is 0.0929. The van der Waals surface area contributed by atoms with Crippen molar-refractivity contribution in [3.63, 3.8) is 0 Å². The monoisotopic (exact) mass is 390 g/mol. The number of hydrogen-bond acceptors (Lipinski definition) is 3. The van der Waals surface area contributed by atoms with Crippen LogP contribution in [0.5, 0.6) is 0 Å². The van der Waals surface area contributed by atoms with Gasteiger partial charge < -0.3 is 10.2 Å². The van der Waals surface area contributed by atoms with Crippen LogP contribution in [0.2, 0.25) is 0 Å². The zero-order valence-electron chi connectivity index (χ0n) is 16.2. The fraction of sp³-hybridized carbons (Fsp3) is 0.292. The quantitative estimate of drug-likeness (QED) is 0.644. The topological polar surface area (TPSA) is 91.7 Å². The normalized spacial score (nSPS) is 16.0. The van der Waals surface area contributed by atoms with Crippen LogP contribution in [0.15, 0.2) is 36.4 Å². The Hall–Kier alpha value is -3.21. The van der Waals surface area contributed by atoms with E-state index in [9.17, 15) is 24.6 Å². The van der Waals surface area contributed by atoms with Gasteiger partial charge in [-0.1, -0.05) is 24.3 Å². The summed E-state index contributed by atoms with van der Waals surface area (Å²) in [6.07, 6.45) is 1.48. The van der Waals surface area contributed by atoms with Gasteiger partial charge in [0.2, 0.25) is 0 Å². The number of rotatable bonds is 5. The van der Waals surface area contributed by atoms with Gasteiger partial charge in [0.15, 0.2) is 0 Å². The van der Waals surface area contributed by atoms with Gasteiger partial charge >= 0.3 is 11.9 Å². The second-order valence-electron chi connectivity index (χ2n) is 7.85. The number of carbonyl (C=O) groups is 3. The molecule has 3 aromatic carbocycles. The Labute approximate surface area is 168 Å². The number of benzene rings is 3. The van der Waals surface area contributed by atoms with Crippen molar-refractivity contribution >= 4 is 39.3 Å². The van der Waals surface area contributed by atoms with E-state index in [0.29, 0.717) is 24.8 Å². The molecule has 0 saturated carbocycles. The molecular weight excluding hydrogens is 368 g/mol. The van der Waals surface area contributed by atoms with Gasteiger partial charge in [-0.15, -0.1) is 0 Å². The fourth-order valence-electron chi connectivity index (χ4n) is 4.70. The van der Waals surface area contributed by atoms with Crippen molar-refractivity contribution in [2.75, 3.05) is 0 Å². The molecule has 0 aliphatic heterocycles. The lowest BCUT2D eigenvalue weighted by Crippen LogP contribution is -2.24. The lowest BCUT2D eigenvalue weighted by atomic mass is 9.75. The summed E-state index contributed by atoms with van der Waals surface area (Å²) in [5.74, 6) is -1.90. The van der Waals surface area contributed by atoms with E-state index in [1.54, 1.807) is 6.92 Å². The van der Waals surface area contributed by atoms with Gasteiger partial charge in [-0.3, -0.25) is 14.4 Å². The molecule has 0 radical (unpaired) electrons. The Bertz CT molecular complexity index is 1180. The number of hydrogen-bond donors (Lipinski definition) is 2. The number of aliphatic carboxylic acids is 2. The number of carboxylic acid groups (broad SMARTS) is 2. The summed E-state index contributed by atoms with van der Waals surface area (Å²) < 4.78 is 0. The van der Waals surface area contributed by atoms with Crippen molar-refractivity contribution in [3.8, 4) is 0 Å². The smallest absolute Gasteiger partial charge is 0.307 e. The molecule has 1 aliphatic rings. The molecule has 0 fully saturated rings. The van der Waals surface area contributed by atoms with E-state index in [-0.39, 0.29) is 24.5 Å². The summed E-state index contributed by atoms with van der Waals surface area (Å²) in [6.45, 7) is 1.57. The maximum atomic E-state index is 12.0. The molecule has 0 saturated heterocycles. The Kier molecular flexibility index (Phi) is 4.82. The molecule has 5 heteroatoms. The standard InChI is InChI=1S/C24H22O5/c1-13(25)14-6-7-17-18(8-14)22(12-24(28)29)20-10-16-5-3-2-4-15(16)9-19(20)21(17)11-23(26)27/h2-5,9-10,14H,6-8,11-12H2,1H3,(H,26,27)(H,28,29). The molecule has 5 nitrogen and oxygen atoms in total. The number of fused-ring (bicyclic) bond motifs is 3. The highest BCUT2D eigenvalue weighted by Gasteiger charge is 2.29. The van der Waals surface area contributed by atoms with Gasteiger partial charge in [0.25, 0.3) is 0 Å². The Morgan fingerprint density at radius 1 is 0.897 bits per heavy atom. The van der Waals surface area contributed by atoms with Crippen molar-refractivity contribution in [1.29, 1.82) is 0 Å². The van der Waals surface area contributed by atoms with Crippen LogP contribution in [-0.4, -0.2) is 27.9 Å². The summed E-state index contributed by atoms with van der Waals surface area (Å²) in [5, 5.41) is 22.7. The van der Waals surface area contributed by atoms with Crippen LogP contribution in [0, 0.1) is 5.92 Å². The molecule has 4 rings (SSSR count). The predicted octanol–water partition coefficient (Wildman–Crippen LogP) is 3.94. The highest BCUT2D eigenvalue weighted by Crippen LogP contribution is 2.39. The van der Waals surface area contributed by atoms with Crippen LogP contribution in [0.3, 0.4) is 0 Å². The zero-order valence-corrected chi connectivity index (χ0v) is 16.2. The molecule has 0 aromatic heterocycles. The molecule has 0 bridgehead atoms. The van der Waals surface area contributed by atoms with Gasteiger partial charge in [-0.2, -0.15) is 0 Å². The van der Waals surface area contributed by atoms with Gasteiger partial charge in [-0.05, 0) is 82.1 Å². The summed E-state index contributed by atoms with van der Waals surface area (Å²) in [5.41, 5.74) is 3.25. The third-order valence-electron chi connectivity index (χ3n) is 6.05. The van der Waals surface area contributed by atoms with Gasteiger partial charge in [0.1, 0.15) is 5.78 Å². The first-order valence-electron chi connectivity index (χ1n) is 9.77. The first-order chi connectivity index (χ1) is 13.8. The summed E-state index contributed by atoms with van der Waals surface area (Å²) in [6, 6.07) is 11.7. The molecule has 2 N–H and O–H groups in total. The minimum atomic E-state index is -0.933. The lowest BCUT2D eigenvalue weighted by molar-refractivity contribution is -0.137. The summed E-state index contributed by atoms with van der Waals surface area (Å²) in [4.78, 5) is 35.4. The van der Waals surface area contributed by atoms with Crippen LogP contribution >= 0.6 is 0 Å². The third-order valence-corrected chi connectivity index (χ3v) is 6.05. The largest absolute Gasteiger partial charge is 0.481 e. The molecule has 0 amide bonds. The fourth-order valence-corrected chi connectivity index (χ4v) is 4.70. The van der Waals surface area contributed by atoms with E-state index in [4.69, 9.17) is 0 Å². The van der Waals surface area contributed by atoms with Crippen molar-refractivity contribution in [1.82, 2.24) is 0 Å². The average molecular weight is 390 g/mol. The lowest BCUT2D eigenvalue weighted by Gasteiger charge is -2.29. The SMILES string of the molecule is CC(=O)C1CCc2c(c(CC(=O)O)c3cc4ccccc4cc3c2CC(=O)O)C1. The third kappa shape index (κ3) is 3.48. The summed E-state index contributed by atoms with van der Waals surface area (Å²) >= 11 is 0. The Morgan fingerprint density at radius 2 is 1.41 bits per heavy atom. The second-order valence-corrected chi connectivity index (χ2v) is 7.85. The van der Waals surface area contributed by atoms with Crippen molar-refractivity contribution < 1.29 is 24.6 Å². The molecular formula is C24H22O5. The first kappa shape index (κ1) is 19.1. The average Bonchev–Trinajstić information content (AvgIpc) is 2.68. The van der Waals surface area contributed by atoms with Gasteiger partial charge in [-0.25, -0.2) is 0 Å². The highest BCUT2D eigenvalue weighted by molar-refractivity contribution is 6.04. The number of carbonyl (C=O) groups excluding carboxylic acids is 1. The van der Waals surface area contributed by atoms with E-state index in [1.807, 2.05) is 36.4 Å². The Morgan fingerprint density at radius 3 is 1.90 bits per heavy atom. The molecule has 148 valence electrons. The van der Waals surface area contributed by atoms with E-state index in [0.717, 1.165) is 38.2 Å². The van der Waals surface area contributed by atoms with E-state index >= 15 is 0 Å². The first-order valence-corrected chi connectivity index (χ1v) is 9.77. The van der Waals surface area contributed by atoms with Crippen molar-refractivity contribution in [2.45, 2.75) is 39.0 Å². The van der Waals surface area contributed by atoms with E-state index in [1.165, 1.54) is 0 Å².